The van der Waals surface area contributed by atoms with Gasteiger partial charge in [0.1, 0.15) is 12.2 Å². The summed E-state index contributed by atoms with van der Waals surface area (Å²) in [6, 6.07) is 2.01. The monoisotopic (exact) mass is 352 g/mol. The normalized spacial score (nSPS) is 37.6. The molecule has 4 aliphatic carbocycles. The molecule has 5 aliphatic rings. The van der Waals surface area contributed by atoms with Gasteiger partial charge in [0.05, 0.1) is 12.0 Å². The predicted molar refractivity (Wildman–Crippen MR) is 93.0 cm³/mol. The van der Waals surface area contributed by atoms with Gasteiger partial charge >= 0.3 is 0 Å². The number of amides is 1. The second-order valence-corrected chi connectivity index (χ2v) is 8.80. The Morgan fingerprint density at radius 2 is 1.81 bits per heavy atom. The van der Waals surface area contributed by atoms with E-state index in [1.165, 1.54) is 31.7 Å². The maximum Gasteiger partial charge on any atom is 0.251 e. The summed E-state index contributed by atoms with van der Waals surface area (Å²) in [5.74, 6) is 2.97. The fourth-order valence-corrected chi connectivity index (χ4v) is 6.36. The van der Waals surface area contributed by atoms with Crippen molar-refractivity contribution in [3.05, 3.63) is 18.1 Å². The van der Waals surface area contributed by atoms with Gasteiger partial charge < -0.3 is 9.64 Å². The number of ether oxygens (including phenoxy) is 1. The number of nitriles is 1. The Bertz CT molecular complexity index is 736. The Hall–Kier alpha value is -2.16. The predicted octanol–water partition coefficient (Wildman–Crippen LogP) is 2.54. The quantitative estimate of drug-likeness (QED) is 0.835. The Balaban J connectivity index is 1.28. The third-order valence-corrected chi connectivity index (χ3v) is 6.97. The van der Waals surface area contributed by atoms with Crippen LogP contribution < -0.4 is 4.74 Å². The first-order chi connectivity index (χ1) is 12.6. The summed E-state index contributed by atoms with van der Waals surface area (Å²) in [4.78, 5) is 23.5. The van der Waals surface area contributed by atoms with Crippen LogP contribution in [0.4, 0.5) is 0 Å². The van der Waals surface area contributed by atoms with Crippen molar-refractivity contribution in [2.45, 2.75) is 51.0 Å². The van der Waals surface area contributed by atoms with E-state index in [2.05, 4.69) is 9.97 Å². The van der Waals surface area contributed by atoms with Gasteiger partial charge in [-0.1, -0.05) is 0 Å². The van der Waals surface area contributed by atoms with E-state index in [0.717, 1.165) is 50.0 Å². The van der Waals surface area contributed by atoms with Crippen LogP contribution in [0.2, 0.25) is 0 Å². The van der Waals surface area contributed by atoms with Crippen LogP contribution in [0.5, 0.6) is 5.88 Å². The number of hydrogen-bond donors (Lipinski definition) is 0. The average Bonchev–Trinajstić information content (AvgIpc) is 3.09. The molecule has 136 valence electrons. The topological polar surface area (TPSA) is 79.1 Å². The number of nitrogens with zero attached hydrogens (tertiary/aromatic N) is 4. The highest BCUT2D eigenvalue weighted by atomic mass is 16.5. The molecule has 26 heavy (non-hydrogen) atoms. The Kier molecular flexibility index (Phi) is 3.66. The van der Waals surface area contributed by atoms with Crippen LogP contribution in [0.3, 0.4) is 0 Å². The lowest BCUT2D eigenvalue weighted by Crippen LogP contribution is -2.54. The highest BCUT2D eigenvalue weighted by Crippen LogP contribution is 2.60. The first-order valence-electron chi connectivity index (χ1n) is 9.82. The van der Waals surface area contributed by atoms with Crippen molar-refractivity contribution in [2.24, 2.45) is 23.2 Å². The molecular formula is C20H24N4O2. The molecule has 1 saturated heterocycles. The summed E-state index contributed by atoms with van der Waals surface area (Å²) in [5, 5.41) is 9.13. The molecular weight excluding hydrogens is 328 g/mol. The molecule has 1 amide bonds. The standard InChI is InChI=1S/C20H24N4O2/c21-11-17-18(23-3-2-22-17)26-16-1-4-24(12-16)19(25)20-8-13-5-14(9-20)7-15(6-13)10-20/h2-3,13-16H,1,4-10,12H2. The van der Waals surface area contributed by atoms with Gasteiger partial charge in [0.2, 0.25) is 11.6 Å². The molecule has 5 fully saturated rings. The molecule has 6 nitrogen and oxygen atoms in total. The summed E-state index contributed by atoms with van der Waals surface area (Å²) in [6.45, 7) is 1.34. The van der Waals surface area contributed by atoms with E-state index in [0.29, 0.717) is 12.5 Å². The lowest BCUT2D eigenvalue weighted by Gasteiger charge is -2.56. The van der Waals surface area contributed by atoms with Gasteiger partial charge in [-0.15, -0.1) is 0 Å². The molecule has 4 saturated carbocycles. The fourth-order valence-electron chi connectivity index (χ4n) is 6.36. The lowest BCUT2D eigenvalue weighted by molar-refractivity contribution is -0.156. The van der Waals surface area contributed by atoms with Crippen molar-refractivity contribution in [2.75, 3.05) is 13.1 Å². The Morgan fingerprint density at radius 1 is 1.15 bits per heavy atom. The van der Waals surface area contributed by atoms with E-state index in [9.17, 15) is 4.79 Å². The van der Waals surface area contributed by atoms with Crippen molar-refractivity contribution in [3.63, 3.8) is 0 Å². The second kappa shape index (κ2) is 5.94. The molecule has 1 unspecified atom stereocenters. The number of aromatic nitrogens is 2. The zero-order chi connectivity index (χ0) is 17.7. The summed E-state index contributed by atoms with van der Waals surface area (Å²) < 4.78 is 5.91. The molecule has 1 aromatic rings. The van der Waals surface area contributed by atoms with Crippen LogP contribution >= 0.6 is 0 Å². The molecule has 2 heterocycles. The van der Waals surface area contributed by atoms with Crippen LogP contribution in [-0.2, 0) is 4.79 Å². The largest absolute Gasteiger partial charge is 0.470 e. The van der Waals surface area contributed by atoms with Crippen LogP contribution in [0.25, 0.3) is 0 Å². The van der Waals surface area contributed by atoms with Crippen LogP contribution in [0, 0.1) is 34.5 Å². The third-order valence-electron chi connectivity index (χ3n) is 6.97. The van der Waals surface area contributed by atoms with E-state index in [1.54, 1.807) is 0 Å². The summed E-state index contributed by atoms with van der Waals surface area (Å²) >= 11 is 0. The minimum Gasteiger partial charge on any atom is -0.470 e. The fraction of sp³-hybridized carbons (Fsp3) is 0.700. The minimum atomic E-state index is -0.100. The summed E-state index contributed by atoms with van der Waals surface area (Å²) in [7, 11) is 0. The zero-order valence-corrected chi connectivity index (χ0v) is 14.9. The van der Waals surface area contributed by atoms with E-state index in [1.807, 2.05) is 11.0 Å². The number of rotatable bonds is 3. The first-order valence-corrected chi connectivity index (χ1v) is 9.82. The second-order valence-electron chi connectivity index (χ2n) is 8.80. The van der Waals surface area contributed by atoms with Crippen LogP contribution in [0.1, 0.15) is 50.6 Å². The zero-order valence-electron chi connectivity index (χ0n) is 14.9. The highest BCUT2D eigenvalue weighted by molar-refractivity contribution is 5.83. The molecule has 1 atom stereocenters. The van der Waals surface area contributed by atoms with Gasteiger partial charge in [0.15, 0.2) is 0 Å². The Labute approximate surface area is 153 Å². The average molecular weight is 352 g/mol. The van der Waals surface area contributed by atoms with Crippen molar-refractivity contribution in [1.82, 2.24) is 14.9 Å². The summed E-state index contributed by atoms with van der Waals surface area (Å²) in [6.07, 6.45) is 11.1. The molecule has 0 aromatic carbocycles. The lowest BCUT2D eigenvalue weighted by atomic mass is 9.49. The molecule has 1 aliphatic heterocycles. The van der Waals surface area contributed by atoms with Crippen molar-refractivity contribution in [1.29, 1.82) is 5.26 Å². The highest BCUT2D eigenvalue weighted by Gasteiger charge is 2.56. The molecule has 0 spiro atoms. The van der Waals surface area contributed by atoms with E-state index >= 15 is 0 Å². The van der Waals surface area contributed by atoms with Gasteiger partial charge in [-0.3, -0.25) is 4.79 Å². The summed E-state index contributed by atoms with van der Waals surface area (Å²) in [5.41, 5.74) is 0.118. The molecule has 6 heteroatoms. The SMILES string of the molecule is N#Cc1nccnc1OC1CCN(C(=O)C23CC4CC(CC(C4)C2)C3)C1. The number of carbonyl (C=O) groups is 1. The van der Waals surface area contributed by atoms with E-state index < -0.39 is 0 Å². The number of carbonyl (C=O) groups excluding carboxylic acids is 1. The van der Waals surface area contributed by atoms with Crippen LogP contribution in [0.15, 0.2) is 12.4 Å². The molecule has 0 N–H and O–H groups in total. The van der Waals surface area contributed by atoms with Crippen molar-refractivity contribution < 1.29 is 9.53 Å². The first kappa shape index (κ1) is 16.0. The smallest absolute Gasteiger partial charge is 0.251 e. The molecule has 4 bridgehead atoms. The van der Waals surface area contributed by atoms with E-state index in [-0.39, 0.29) is 23.1 Å². The van der Waals surface area contributed by atoms with Gasteiger partial charge in [0.25, 0.3) is 5.88 Å². The van der Waals surface area contributed by atoms with E-state index in [4.69, 9.17) is 10.00 Å². The number of hydrogen-bond acceptors (Lipinski definition) is 5. The third kappa shape index (κ3) is 2.56. The Morgan fingerprint density at radius 3 is 2.46 bits per heavy atom. The molecule has 6 rings (SSSR count). The maximum absolute atomic E-state index is 13.4. The van der Waals surface area contributed by atoms with Crippen LogP contribution in [-0.4, -0.2) is 40.0 Å². The minimum absolute atomic E-state index is 0.0893. The van der Waals surface area contributed by atoms with Gasteiger partial charge in [0, 0.05) is 25.4 Å². The van der Waals surface area contributed by atoms with Gasteiger partial charge in [-0.05, 0) is 56.3 Å². The van der Waals surface area contributed by atoms with Crippen molar-refractivity contribution >= 4 is 5.91 Å². The van der Waals surface area contributed by atoms with Gasteiger partial charge in [-0.2, -0.15) is 5.26 Å². The maximum atomic E-state index is 13.4. The van der Waals surface area contributed by atoms with Gasteiger partial charge in [-0.25, -0.2) is 9.97 Å². The molecule has 1 aromatic heterocycles. The molecule has 0 radical (unpaired) electrons. The number of likely N-dealkylation sites (tertiary alicyclic amines) is 1. The van der Waals surface area contributed by atoms with Crippen molar-refractivity contribution in [3.8, 4) is 11.9 Å².